The van der Waals surface area contributed by atoms with Gasteiger partial charge in [0, 0.05) is 22.8 Å². The van der Waals surface area contributed by atoms with Crippen LogP contribution in [0.4, 0.5) is 0 Å². The molecule has 7 heteroatoms. The summed E-state index contributed by atoms with van der Waals surface area (Å²) in [5.41, 5.74) is 0.566. The number of aromatic nitrogens is 3. The lowest BCUT2D eigenvalue weighted by atomic mass is 10.5. The first-order valence-corrected chi connectivity index (χ1v) is 7.05. The molecule has 0 aliphatic carbocycles. The Labute approximate surface area is 107 Å². The van der Waals surface area contributed by atoms with Gasteiger partial charge in [0.05, 0.1) is 6.61 Å². The van der Waals surface area contributed by atoms with Crippen LogP contribution >= 0.6 is 23.1 Å². The van der Waals surface area contributed by atoms with E-state index >= 15 is 0 Å². The van der Waals surface area contributed by atoms with Gasteiger partial charge in [-0.15, -0.1) is 11.8 Å². The highest BCUT2D eigenvalue weighted by Crippen LogP contribution is 2.20. The van der Waals surface area contributed by atoms with Crippen molar-refractivity contribution in [2.45, 2.75) is 24.9 Å². The molecule has 2 heterocycles. The molecule has 2 aromatic heterocycles. The summed E-state index contributed by atoms with van der Waals surface area (Å²) in [7, 11) is 0. The molecule has 0 aliphatic rings. The molecule has 92 valence electrons. The summed E-state index contributed by atoms with van der Waals surface area (Å²) >= 11 is 3.03. The Balaban J connectivity index is 2.26. The predicted molar refractivity (Wildman–Crippen MR) is 69.7 cm³/mol. The average molecular weight is 271 g/mol. The molecule has 0 radical (unpaired) electrons. The summed E-state index contributed by atoms with van der Waals surface area (Å²) in [5.74, 6) is 0.689. The number of aliphatic hydroxyl groups is 1. The van der Waals surface area contributed by atoms with E-state index in [1.807, 2.05) is 6.92 Å². The van der Waals surface area contributed by atoms with Gasteiger partial charge in [-0.2, -0.15) is 9.61 Å². The lowest BCUT2D eigenvalue weighted by Gasteiger charge is -2.03. The Morgan fingerprint density at radius 2 is 2.41 bits per heavy atom. The molecule has 0 amide bonds. The third-order valence-corrected chi connectivity index (χ3v) is 4.41. The Hall–Kier alpha value is -0.920. The lowest BCUT2D eigenvalue weighted by molar-refractivity contribution is 0.300. The first-order valence-electron chi connectivity index (χ1n) is 5.19. The van der Waals surface area contributed by atoms with Crippen molar-refractivity contribution in [1.82, 2.24) is 14.6 Å². The van der Waals surface area contributed by atoms with Crippen LogP contribution in [0.1, 0.15) is 17.6 Å². The number of hydrogen-bond donors (Lipinski definition) is 1. The summed E-state index contributed by atoms with van der Waals surface area (Å²) in [6.45, 7) is 3.89. The predicted octanol–water partition coefficient (Wildman–Crippen LogP) is 1.07. The number of fused-ring (bicyclic) bond motifs is 1. The first kappa shape index (κ1) is 12.5. The molecule has 1 N–H and O–H groups in total. The third kappa shape index (κ3) is 2.85. The monoisotopic (exact) mass is 271 g/mol. The highest BCUT2D eigenvalue weighted by atomic mass is 32.2. The highest BCUT2D eigenvalue weighted by Gasteiger charge is 2.09. The van der Waals surface area contributed by atoms with Gasteiger partial charge in [0.1, 0.15) is 5.01 Å². The van der Waals surface area contributed by atoms with Crippen molar-refractivity contribution in [2.75, 3.05) is 6.61 Å². The molecule has 0 spiro atoms. The maximum absolute atomic E-state index is 11.6. The quantitative estimate of drug-likeness (QED) is 0.901. The molecule has 0 fully saturated rings. The van der Waals surface area contributed by atoms with Gasteiger partial charge in [-0.05, 0) is 6.92 Å². The van der Waals surface area contributed by atoms with Crippen LogP contribution < -0.4 is 5.56 Å². The van der Waals surface area contributed by atoms with Gasteiger partial charge in [-0.1, -0.05) is 18.3 Å². The van der Waals surface area contributed by atoms with Gasteiger partial charge in [-0.3, -0.25) is 4.79 Å². The fourth-order valence-electron chi connectivity index (χ4n) is 1.28. The SMILES string of the molecule is Cc1cc(=O)n2nc(CSC(C)CO)sc2n1. The second kappa shape index (κ2) is 5.16. The summed E-state index contributed by atoms with van der Waals surface area (Å²) in [5, 5.41) is 14.2. The molecule has 17 heavy (non-hydrogen) atoms. The van der Waals surface area contributed by atoms with E-state index in [0.717, 1.165) is 5.01 Å². The van der Waals surface area contributed by atoms with Crippen LogP contribution in [0.2, 0.25) is 0 Å². The van der Waals surface area contributed by atoms with Gasteiger partial charge in [0.2, 0.25) is 4.96 Å². The minimum Gasteiger partial charge on any atom is -0.395 e. The Kier molecular flexibility index (Phi) is 3.80. The molecule has 1 atom stereocenters. The Bertz CT molecular complexity index is 578. The van der Waals surface area contributed by atoms with Gasteiger partial charge in [-0.25, -0.2) is 4.98 Å². The van der Waals surface area contributed by atoms with Crippen molar-refractivity contribution in [3.8, 4) is 0 Å². The number of hydrogen-bond acceptors (Lipinski definition) is 6. The van der Waals surface area contributed by atoms with E-state index in [0.29, 0.717) is 16.4 Å². The van der Waals surface area contributed by atoms with Crippen LogP contribution in [0, 0.1) is 6.92 Å². The van der Waals surface area contributed by atoms with Crippen LogP contribution in [0.5, 0.6) is 0 Å². The fourth-order valence-corrected chi connectivity index (χ4v) is 3.05. The Morgan fingerprint density at radius 1 is 1.65 bits per heavy atom. The van der Waals surface area contributed by atoms with E-state index in [1.165, 1.54) is 21.9 Å². The maximum Gasteiger partial charge on any atom is 0.275 e. The molecule has 5 nitrogen and oxygen atoms in total. The van der Waals surface area contributed by atoms with Crippen LogP contribution in [-0.4, -0.2) is 31.6 Å². The van der Waals surface area contributed by atoms with Crippen LogP contribution in [0.3, 0.4) is 0 Å². The molecule has 0 aliphatic heterocycles. The average Bonchev–Trinajstić information content (AvgIpc) is 2.69. The fraction of sp³-hybridized carbons (Fsp3) is 0.500. The highest BCUT2D eigenvalue weighted by molar-refractivity contribution is 7.99. The number of aryl methyl sites for hydroxylation is 1. The van der Waals surface area contributed by atoms with Crippen molar-refractivity contribution >= 4 is 28.1 Å². The molecule has 0 saturated carbocycles. The van der Waals surface area contributed by atoms with Crippen LogP contribution in [0.25, 0.3) is 4.96 Å². The number of thioether (sulfide) groups is 1. The zero-order valence-electron chi connectivity index (χ0n) is 9.58. The van der Waals surface area contributed by atoms with E-state index in [2.05, 4.69) is 10.1 Å². The third-order valence-electron chi connectivity index (χ3n) is 2.16. The maximum atomic E-state index is 11.6. The van der Waals surface area contributed by atoms with Crippen molar-refractivity contribution in [1.29, 1.82) is 0 Å². The lowest BCUT2D eigenvalue weighted by Crippen LogP contribution is -2.14. The van der Waals surface area contributed by atoms with Crippen LogP contribution in [0.15, 0.2) is 10.9 Å². The normalized spacial score (nSPS) is 13.1. The topological polar surface area (TPSA) is 67.5 Å². The number of rotatable bonds is 4. The molecule has 2 rings (SSSR count). The minimum absolute atomic E-state index is 0.143. The Morgan fingerprint density at radius 3 is 3.12 bits per heavy atom. The smallest absolute Gasteiger partial charge is 0.275 e. The molecule has 0 aromatic carbocycles. The van der Waals surface area contributed by atoms with Gasteiger partial charge >= 0.3 is 0 Å². The number of nitrogens with zero attached hydrogens (tertiary/aromatic N) is 3. The van der Waals surface area contributed by atoms with E-state index in [9.17, 15) is 4.79 Å². The van der Waals surface area contributed by atoms with Gasteiger partial charge in [0.25, 0.3) is 5.56 Å². The van der Waals surface area contributed by atoms with Crippen molar-refractivity contribution < 1.29 is 5.11 Å². The standard InChI is InChI=1S/C10H13N3O2S2/c1-6-3-9(15)13-10(11-6)17-8(12-13)5-16-7(2)4-14/h3,7,14H,4-5H2,1-2H3. The van der Waals surface area contributed by atoms with Crippen molar-refractivity contribution in [2.24, 2.45) is 0 Å². The molecular weight excluding hydrogens is 258 g/mol. The summed E-state index contributed by atoms with van der Waals surface area (Å²) in [6, 6.07) is 1.47. The van der Waals surface area contributed by atoms with Crippen molar-refractivity contribution in [3.05, 3.63) is 27.1 Å². The largest absolute Gasteiger partial charge is 0.395 e. The second-order valence-electron chi connectivity index (χ2n) is 3.73. The van der Waals surface area contributed by atoms with Gasteiger partial charge in [0.15, 0.2) is 0 Å². The van der Waals surface area contributed by atoms with E-state index in [1.54, 1.807) is 18.7 Å². The molecule has 1 unspecified atom stereocenters. The summed E-state index contributed by atoms with van der Waals surface area (Å²) in [6.07, 6.45) is 0. The molecule has 2 aromatic rings. The zero-order chi connectivity index (χ0) is 12.4. The van der Waals surface area contributed by atoms with Crippen molar-refractivity contribution in [3.63, 3.8) is 0 Å². The van der Waals surface area contributed by atoms with E-state index in [-0.39, 0.29) is 17.4 Å². The first-order chi connectivity index (χ1) is 8.10. The molecule has 0 saturated heterocycles. The molecule has 0 bridgehead atoms. The van der Waals surface area contributed by atoms with Crippen LogP contribution in [-0.2, 0) is 5.75 Å². The minimum atomic E-state index is -0.143. The second-order valence-corrected chi connectivity index (χ2v) is 6.20. The van der Waals surface area contributed by atoms with Gasteiger partial charge < -0.3 is 5.11 Å². The number of aliphatic hydroxyl groups excluding tert-OH is 1. The zero-order valence-corrected chi connectivity index (χ0v) is 11.2. The molecular formula is C10H13N3O2S2. The van der Waals surface area contributed by atoms with E-state index < -0.39 is 0 Å². The van der Waals surface area contributed by atoms with E-state index in [4.69, 9.17) is 5.11 Å². The summed E-state index contributed by atoms with van der Waals surface area (Å²) < 4.78 is 1.33. The summed E-state index contributed by atoms with van der Waals surface area (Å²) in [4.78, 5) is 16.5.